The molecule has 2 rings (SSSR count). The van der Waals surface area contributed by atoms with Crippen molar-refractivity contribution in [1.82, 2.24) is 10.3 Å². The van der Waals surface area contributed by atoms with Gasteiger partial charge in [0, 0.05) is 12.4 Å². The summed E-state index contributed by atoms with van der Waals surface area (Å²) in [6, 6.07) is 5.36. The molecule has 0 aromatic carbocycles. The molecule has 0 aliphatic heterocycles. The highest BCUT2D eigenvalue weighted by Gasteiger charge is 2.12. The molecule has 5 nitrogen and oxygen atoms in total. The highest BCUT2D eigenvalue weighted by molar-refractivity contribution is 5.88. The van der Waals surface area contributed by atoms with Crippen molar-refractivity contribution in [2.75, 3.05) is 6.54 Å². The van der Waals surface area contributed by atoms with Crippen LogP contribution in [0.3, 0.4) is 0 Å². The highest BCUT2D eigenvalue weighted by atomic mass is 16.4. The molecule has 0 amide bonds. The molecule has 2 aromatic heterocycles. The lowest BCUT2D eigenvalue weighted by atomic mass is 10.2. The Kier molecular flexibility index (Phi) is 4.09. The van der Waals surface area contributed by atoms with Gasteiger partial charge in [-0.25, -0.2) is 4.79 Å². The topological polar surface area (TPSA) is 75.4 Å². The van der Waals surface area contributed by atoms with E-state index in [-0.39, 0.29) is 5.56 Å². The van der Waals surface area contributed by atoms with E-state index in [1.165, 1.54) is 12.3 Å². The molecule has 5 heteroatoms. The van der Waals surface area contributed by atoms with Crippen molar-refractivity contribution in [3.8, 4) is 0 Å². The van der Waals surface area contributed by atoms with Gasteiger partial charge in [0.2, 0.25) is 0 Å². The van der Waals surface area contributed by atoms with Gasteiger partial charge in [-0.15, -0.1) is 0 Å². The normalized spacial score (nSPS) is 10.4. The van der Waals surface area contributed by atoms with Gasteiger partial charge in [-0.1, -0.05) is 6.07 Å². The number of hydrogen-bond acceptors (Lipinski definition) is 4. The lowest BCUT2D eigenvalue weighted by Crippen LogP contribution is -2.17. The molecule has 2 heterocycles. The van der Waals surface area contributed by atoms with Gasteiger partial charge in [0.05, 0.1) is 12.8 Å². The van der Waals surface area contributed by atoms with Crippen molar-refractivity contribution in [1.29, 1.82) is 0 Å². The smallest absolute Gasteiger partial charge is 0.339 e. The van der Waals surface area contributed by atoms with E-state index in [4.69, 9.17) is 9.52 Å². The minimum absolute atomic E-state index is 0.212. The molecule has 0 radical (unpaired) electrons. The van der Waals surface area contributed by atoms with Gasteiger partial charge in [0.1, 0.15) is 11.3 Å². The minimum Gasteiger partial charge on any atom is -0.478 e. The Morgan fingerprint density at radius 2 is 2.33 bits per heavy atom. The summed E-state index contributed by atoms with van der Waals surface area (Å²) in [6.07, 6.45) is 5.79. The third-order valence-electron chi connectivity index (χ3n) is 2.57. The van der Waals surface area contributed by atoms with Crippen LogP contribution in [-0.2, 0) is 13.0 Å². The summed E-state index contributed by atoms with van der Waals surface area (Å²) in [7, 11) is 0. The fourth-order valence-corrected chi connectivity index (χ4v) is 1.65. The number of aromatic nitrogens is 1. The van der Waals surface area contributed by atoms with Crippen molar-refractivity contribution in [2.45, 2.75) is 13.0 Å². The van der Waals surface area contributed by atoms with E-state index in [0.717, 1.165) is 18.5 Å². The zero-order valence-electron chi connectivity index (χ0n) is 9.80. The zero-order chi connectivity index (χ0) is 12.8. The molecule has 0 saturated carbocycles. The predicted octanol–water partition coefficient (Wildman–Crippen LogP) is 1.71. The van der Waals surface area contributed by atoms with Crippen LogP contribution in [0.1, 0.15) is 21.7 Å². The first-order valence-corrected chi connectivity index (χ1v) is 5.66. The maximum Gasteiger partial charge on any atom is 0.339 e. The molecule has 0 bridgehead atoms. The first kappa shape index (κ1) is 12.3. The molecule has 0 saturated heterocycles. The molecule has 0 aliphatic carbocycles. The molecule has 0 spiro atoms. The first-order valence-electron chi connectivity index (χ1n) is 5.66. The van der Waals surface area contributed by atoms with Crippen molar-refractivity contribution < 1.29 is 14.3 Å². The molecule has 18 heavy (non-hydrogen) atoms. The maximum absolute atomic E-state index is 10.8. The van der Waals surface area contributed by atoms with Crippen molar-refractivity contribution in [3.05, 3.63) is 53.7 Å². The van der Waals surface area contributed by atoms with E-state index in [9.17, 15) is 4.79 Å². The molecule has 0 fully saturated rings. The number of rotatable bonds is 6. The summed E-state index contributed by atoms with van der Waals surface area (Å²) in [4.78, 5) is 14.9. The Morgan fingerprint density at radius 1 is 1.44 bits per heavy atom. The number of pyridine rings is 1. The number of carboxylic acid groups (broad SMARTS) is 1. The van der Waals surface area contributed by atoms with Crippen LogP contribution in [0.2, 0.25) is 0 Å². The molecule has 2 aromatic rings. The van der Waals surface area contributed by atoms with E-state index in [1.54, 1.807) is 6.20 Å². The van der Waals surface area contributed by atoms with Crippen LogP contribution in [0.15, 0.2) is 41.3 Å². The molecule has 0 unspecified atom stereocenters. The molecule has 0 aliphatic rings. The summed E-state index contributed by atoms with van der Waals surface area (Å²) < 4.78 is 5.12. The average Bonchev–Trinajstić information content (AvgIpc) is 2.84. The standard InChI is InChI=1S/C13H14N2O3/c16-13(17)11-4-7-18-12(11)9-15-6-3-10-2-1-5-14-8-10/h1-2,4-5,7-8,15H,3,6,9H2,(H,16,17). The Hall–Kier alpha value is -2.14. The molecule has 0 atom stereocenters. The van der Waals surface area contributed by atoms with Crippen molar-refractivity contribution in [2.24, 2.45) is 0 Å². The van der Waals surface area contributed by atoms with Crippen LogP contribution in [-0.4, -0.2) is 22.6 Å². The maximum atomic E-state index is 10.8. The molecule has 2 N–H and O–H groups in total. The van der Waals surface area contributed by atoms with Gasteiger partial charge in [-0.2, -0.15) is 0 Å². The number of carbonyl (C=O) groups is 1. The van der Waals surface area contributed by atoms with Gasteiger partial charge in [0.25, 0.3) is 0 Å². The third-order valence-corrected chi connectivity index (χ3v) is 2.57. The number of hydrogen-bond donors (Lipinski definition) is 2. The van der Waals surface area contributed by atoms with E-state index in [2.05, 4.69) is 10.3 Å². The Morgan fingerprint density at radius 3 is 3.06 bits per heavy atom. The lowest BCUT2D eigenvalue weighted by Gasteiger charge is -2.03. The summed E-state index contributed by atoms with van der Waals surface area (Å²) in [5.74, 6) is -0.513. The van der Waals surface area contributed by atoms with Gasteiger partial charge in [-0.05, 0) is 30.7 Å². The third kappa shape index (κ3) is 3.18. The minimum atomic E-state index is -0.965. The van der Waals surface area contributed by atoms with Crippen LogP contribution < -0.4 is 5.32 Å². The van der Waals surface area contributed by atoms with E-state index < -0.39 is 5.97 Å². The zero-order valence-corrected chi connectivity index (χ0v) is 9.80. The molecular weight excluding hydrogens is 232 g/mol. The van der Waals surface area contributed by atoms with Crippen molar-refractivity contribution >= 4 is 5.97 Å². The number of carboxylic acids is 1. The number of nitrogens with one attached hydrogen (secondary N) is 1. The van der Waals surface area contributed by atoms with E-state index in [1.807, 2.05) is 18.3 Å². The van der Waals surface area contributed by atoms with E-state index in [0.29, 0.717) is 12.3 Å². The summed E-state index contributed by atoms with van der Waals surface area (Å²) in [6.45, 7) is 1.15. The predicted molar refractivity (Wildman–Crippen MR) is 65.3 cm³/mol. The Balaban J connectivity index is 1.79. The highest BCUT2D eigenvalue weighted by Crippen LogP contribution is 2.09. The summed E-state index contributed by atoms with van der Waals surface area (Å²) in [5.41, 5.74) is 1.35. The number of nitrogens with zero attached hydrogens (tertiary/aromatic N) is 1. The van der Waals surface area contributed by atoms with Crippen LogP contribution in [0, 0.1) is 0 Å². The quantitative estimate of drug-likeness (QED) is 0.759. The molecular formula is C13H14N2O3. The largest absolute Gasteiger partial charge is 0.478 e. The van der Waals surface area contributed by atoms with E-state index >= 15 is 0 Å². The lowest BCUT2D eigenvalue weighted by molar-refractivity contribution is 0.0694. The second-order valence-corrected chi connectivity index (χ2v) is 3.85. The first-order chi connectivity index (χ1) is 8.77. The van der Waals surface area contributed by atoms with Crippen LogP contribution >= 0.6 is 0 Å². The van der Waals surface area contributed by atoms with Crippen LogP contribution in [0.25, 0.3) is 0 Å². The van der Waals surface area contributed by atoms with Crippen LogP contribution in [0.5, 0.6) is 0 Å². The second-order valence-electron chi connectivity index (χ2n) is 3.85. The second kappa shape index (κ2) is 5.97. The fraction of sp³-hybridized carbons (Fsp3) is 0.231. The van der Waals surface area contributed by atoms with Gasteiger partial charge in [-0.3, -0.25) is 4.98 Å². The van der Waals surface area contributed by atoms with Gasteiger partial charge in [0.15, 0.2) is 0 Å². The Bertz CT molecular complexity index is 508. The fourth-order valence-electron chi connectivity index (χ4n) is 1.65. The average molecular weight is 246 g/mol. The van der Waals surface area contributed by atoms with Gasteiger partial charge >= 0.3 is 5.97 Å². The van der Waals surface area contributed by atoms with Crippen molar-refractivity contribution in [3.63, 3.8) is 0 Å². The number of aromatic carboxylic acids is 1. The number of furan rings is 1. The van der Waals surface area contributed by atoms with Gasteiger partial charge < -0.3 is 14.8 Å². The van der Waals surface area contributed by atoms with Crippen LogP contribution in [0.4, 0.5) is 0 Å². The SMILES string of the molecule is O=C(O)c1ccoc1CNCCc1cccnc1. The molecule has 94 valence electrons. The Labute approximate surface area is 104 Å². The summed E-state index contributed by atoms with van der Waals surface area (Å²) in [5, 5.41) is 12.0. The summed E-state index contributed by atoms with van der Waals surface area (Å²) >= 11 is 0. The monoisotopic (exact) mass is 246 g/mol.